The van der Waals surface area contributed by atoms with E-state index >= 15 is 0 Å². The Labute approximate surface area is 138 Å². The number of nitrogens with zero attached hydrogens (tertiary/aromatic N) is 2. The van der Waals surface area contributed by atoms with Crippen LogP contribution < -0.4 is 5.32 Å². The summed E-state index contributed by atoms with van der Waals surface area (Å²) in [6.07, 6.45) is 2.12. The normalized spacial score (nSPS) is 24.7. The fraction of sp³-hybridized carbons (Fsp3) is 0.867. The van der Waals surface area contributed by atoms with Gasteiger partial charge in [0.25, 0.3) is 0 Å². The van der Waals surface area contributed by atoms with Gasteiger partial charge in [-0.25, -0.2) is 0 Å². The van der Waals surface area contributed by atoms with Gasteiger partial charge in [-0.2, -0.15) is 0 Å². The summed E-state index contributed by atoms with van der Waals surface area (Å²) in [4.78, 5) is 28.6. The summed E-state index contributed by atoms with van der Waals surface area (Å²) in [5.74, 6) is 0.166. The second kappa shape index (κ2) is 9.33. The maximum Gasteiger partial charge on any atom is 0.245 e. The number of hydrogen-bond donors (Lipinski definition) is 1. The number of rotatable bonds is 5. The van der Waals surface area contributed by atoms with Crippen molar-refractivity contribution in [2.45, 2.75) is 45.2 Å². The summed E-state index contributed by atoms with van der Waals surface area (Å²) in [6.45, 7) is 8.13. The minimum Gasteiger partial charge on any atom is -0.378 e. The highest BCUT2D eigenvalue weighted by atomic mass is 35.5. The molecule has 128 valence electrons. The molecule has 2 aliphatic rings. The SMILES string of the molecule is CCN(CC)C(=O)C1CCCN1C(=O)CC1COCCN1.Cl. The van der Waals surface area contributed by atoms with Crippen LogP contribution in [0.5, 0.6) is 0 Å². The van der Waals surface area contributed by atoms with Crippen molar-refractivity contribution in [2.75, 3.05) is 39.4 Å². The molecule has 2 saturated heterocycles. The first-order valence-electron chi connectivity index (χ1n) is 8.06. The van der Waals surface area contributed by atoms with Gasteiger partial charge in [0.15, 0.2) is 0 Å². The number of likely N-dealkylation sites (N-methyl/N-ethyl adjacent to an activating group) is 1. The summed E-state index contributed by atoms with van der Waals surface area (Å²) in [7, 11) is 0. The monoisotopic (exact) mass is 333 g/mol. The van der Waals surface area contributed by atoms with E-state index in [-0.39, 0.29) is 36.3 Å². The van der Waals surface area contributed by atoms with Crippen LogP contribution in [0.3, 0.4) is 0 Å². The van der Waals surface area contributed by atoms with Gasteiger partial charge in [0, 0.05) is 38.6 Å². The van der Waals surface area contributed by atoms with Gasteiger partial charge in [-0.3, -0.25) is 9.59 Å². The molecule has 0 aromatic heterocycles. The zero-order chi connectivity index (χ0) is 15.2. The number of ether oxygens (including phenoxy) is 1. The standard InChI is InChI=1S/C15H27N3O3.ClH/c1-3-17(4-2)15(20)13-6-5-8-18(13)14(19)10-12-11-21-9-7-16-12;/h12-13,16H,3-11H2,1-2H3;1H. The lowest BCUT2D eigenvalue weighted by Crippen LogP contribution is -2.50. The highest BCUT2D eigenvalue weighted by Gasteiger charge is 2.36. The van der Waals surface area contributed by atoms with E-state index in [0.29, 0.717) is 39.3 Å². The molecule has 2 unspecified atom stereocenters. The Morgan fingerprint density at radius 1 is 1.32 bits per heavy atom. The van der Waals surface area contributed by atoms with Crippen LogP contribution in [0, 0.1) is 0 Å². The average Bonchev–Trinajstić information content (AvgIpc) is 2.99. The Kier molecular flexibility index (Phi) is 8.14. The first kappa shape index (κ1) is 19.2. The molecule has 0 aliphatic carbocycles. The van der Waals surface area contributed by atoms with E-state index in [1.54, 1.807) is 4.90 Å². The van der Waals surface area contributed by atoms with Gasteiger partial charge >= 0.3 is 0 Å². The van der Waals surface area contributed by atoms with Gasteiger partial charge in [0.1, 0.15) is 6.04 Å². The molecule has 0 aromatic rings. The van der Waals surface area contributed by atoms with E-state index in [1.165, 1.54) is 0 Å². The van der Waals surface area contributed by atoms with Gasteiger partial charge in [-0.05, 0) is 26.7 Å². The molecule has 22 heavy (non-hydrogen) atoms. The largest absolute Gasteiger partial charge is 0.378 e. The fourth-order valence-corrected chi connectivity index (χ4v) is 3.15. The molecule has 0 radical (unpaired) electrons. The molecule has 2 heterocycles. The highest BCUT2D eigenvalue weighted by Crippen LogP contribution is 2.21. The zero-order valence-electron chi connectivity index (χ0n) is 13.5. The van der Waals surface area contributed by atoms with Crippen LogP contribution in [0.15, 0.2) is 0 Å². The van der Waals surface area contributed by atoms with Crippen molar-refractivity contribution in [1.29, 1.82) is 0 Å². The lowest BCUT2D eigenvalue weighted by atomic mass is 10.1. The van der Waals surface area contributed by atoms with Crippen LogP contribution in [0.4, 0.5) is 0 Å². The first-order valence-corrected chi connectivity index (χ1v) is 8.06. The van der Waals surface area contributed by atoms with Crippen LogP contribution >= 0.6 is 12.4 Å². The lowest BCUT2D eigenvalue weighted by Gasteiger charge is -2.31. The third-order valence-corrected chi connectivity index (χ3v) is 4.35. The Bertz CT molecular complexity index is 371. The van der Waals surface area contributed by atoms with Crippen LogP contribution in [0.25, 0.3) is 0 Å². The Hall–Kier alpha value is -0.850. The number of hydrogen-bond acceptors (Lipinski definition) is 4. The first-order chi connectivity index (χ1) is 10.2. The lowest BCUT2D eigenvalue weighted by molar-refractivity contribution is -0.144. The minimum absolute atomic E-state index is 0. The van der Waals surface area contributed by atoms with Crippen molar-refractivity contribution in [1.82, 2.24) is 15.1 Å². The summed E-state index contributed by atoms with van der Waals surface area (Å²) < 4.78 is 5.38. The predicted octanol–water partition coefficient (Wildman–Crippen LogP) is 0.646. The van der Waals surface area contributed by atoms with Crippen molar-refractivity contribution < 1.29 is 14.3 Å². The van der Waals surface area contributed by atoms with Crippen LogP contribution in [0.2, 0.25) is 0 Å². The third kappa shape index (κ3) is 4.57. The van der Waals surface area contributed by atoms with Gasteiger partial charge in [0.05, 0.1) is 13.2 Å². The molecular weight excluding hydrogens is 306 g/mol. The summed E-state index contributed by atoms with van der Waals surface area (Å²) in [6, 6.07) is -0.182. The van der Waals surface area contributed by atoms with Crippen molar-refractivity contribution in [3.05, 3.63) is 0 Å². The van der Waals surface area contributed by atoms with E-state index in [9.17, 15) is 9.59 Å². The number of morpholine rings is 1. The smallest absolute Gasteiger partial charge is 0.245 e. The molecule has 0 aromatic carbocycles. The van der Waals surface area contributed by atoms with Crippen molar-refractivity contribution in [3.63, 3.8) is 0 Å². The summed E-state index contributed by atoms with van der Waals surface area (Å²) in [5, 5.41) is 3.29. The second-order valence-electron chi connectivity index (χ2n) is 5.69. The molecule has 2 amide bonds. The molecule has 2 fully saturated rings. The van der Waals surface area contributed by atoms with Gasteiger partial charge < -0.3 is 19.9 Å². The van der Waals surface area contributed by atoms with Crippen LogP contribution in [-0.2, 0) is 14.3 Å². The molecule has 0 bridgehead atoms. The summed E-state index contributed by atoms with van der Waals surface area (Å²) >= 11 is 0. The summed E-state index contributed by atoms with van der Waals surface area (Å²) in [5.41, 5.74) is 0. The third-order valence-electron chi connectivity index (χ3n) is 4.35. The Morgan fingerprint density at radius 3 is 2.64 bits per heavy atom. The van der Waals surface area contributed by atoms with E-state index in [0.717, 1.165) is 19.4 Å². The van der Waals surface area contributed by atoms with E-state index in [4.69, 9.17) is 4.74 Å². The molecule has 0 saturated carbocycles. The number of carbonyl (C=O) groups excluding carboxylic acids is 2. The molecule has 6 nitrogen and oxygen atoms in total. The zero-order valence-corrected chi connectivity index (χ0v) is 14.4. The predicted molar refractivity (Wildman–Crippen MR) is 87.1 cm³/mol. The highest BCUT2D eigenvalue weighted by molar-refractivity contribution is 5.88. The molecule has 2 rings (SSSR count). The Morgan fingerprint density at radius 2 is 2.05 bits per heavy atom. The number of nitrogens with one attached hydrogen (secondary N) is 1. The van der Waals surface area contributed by atoms with Crippen LogP contribution in [-0.4, -0.2) is 73.1 Å². The maximum absolute atomic E-state index is 12.5. The average molecular weight is 334 g/mol. The van der Waals surface area contributed by atoms with Gasteiger partial charge in [-0.1, -0.05) is 0 Å². The topological polar surface area (TPSA) is 61.9 Å². The number of halogens is 1. The second-order valence-corrected chi connectivity index (χ2v) is 5.69. The molecule has 7 heteroatoms. The number of amides is 2. The number of likely N-dealkylation sites (tertiary alicyclic amines) is 1. The van der Waals surface area contributed by atoms with E-state index < -0.39 is 0 Å². The van der Waals surface area contributed by atoms with Gasteiger partial charge in [0.2, 0.25) is 11.8 Å². The van der Waals surface area contributed by atoms with Crippen LogP contribution in [0.1, 0.15) is 33.1 Å². The quantitative estimate of drug-likeness (QED) is 0.802. The number of carbonyl (C=O) groups is 2. The molecule has 2 aliphatic heterocycles. The van der Waals surface area contributed by atoms with Crippen molar-refractivity contribution in [3.8, 4) is 0 Å². The molecular formula is C15H28ClN3O3. The molecule has 1 N–H and O–H groups in total. The van der Waals surface area contributed by atoms with E-state index in [1.807, 2.05) is 18.7 Å². The fourth-order valence-electron chi connectivity index (χ4n) is 3.15. The minimum atomic E-state index is -0.262. The van der Waals surface area contributed by atoms with Crippen molar-refractivity contribution >= 4 is 24.2 Å². The Balaban J connectivity index is 0.00000242. The van der Waals surface area contributed by atoms with E-state index in [2.05, 4.69) is 5.32 Å². The van der Waals surface area contributed by atoms with Crippen molar-refractivity contribution in [2.24, 2.45) is 0 Å². The molecule has 0 spiro atoms. The maximum atomic E-state index is 12.5. The van der Waals surface area contributed by atoms with Gasteiger partial charge in [-0.15, -0.1) is 12.4 Å². The molecule has 2 atom stereocenters.